The van der Waals surface area contributed by atoms with Crippen LogP contribution < -0.4 is 5.32 Å². The van der Waals surface area contributed by atoms with E-state index in [-0.39, 0.29) is 12.5 Å². The summed E-state index contributed by atoms with van der Waals surface area (Å²) in [6, 6.07) is 15.5. The number of carbonyl (C=O) groups excluding carboxylic acids is 1. The number of alkyl carbamates (subject to hydrolysis) is 1. The van der Waals surface area contributed by atoms with Crippen LogP contribution in [0.15, 0.2) is 54.7 Å². The number of hydrogen-bond donors (Lipinski definition) is 2. The molecule has 2 aromatic carbocycles. The number of rotatable bonds is 5. The van der Waals surface area contributed by atoms with Crippen LogP contribution in [0.2, 0.25) is 0 Å². The highest BCUT2D eigenvalue weighted by molar-refractivity contribution is 5.88. The zero-order valence-corrected chi connectivity index (χ0v) is 16.4. The van der Waals surface area contributed by atoms with Gasteiger partial charge in [-0.3, -0.25) is 0 Å². The maximum absolute atomic E-state index is 13.1. The van der Waals surface area contributed by atoms with E-state index in [1.165, 1.54) is 0 Å². The standard InChI is InChI=1S/C22H16F3N3O4/c23-22(24,25)19-16(20(29)30)9-26-18(28-19)10-27-21(31)32-11-17-14-7-3-1-5-12(14)13-6-2-4-8-15(13)17/h1-9,17H,10-11H2,(H,27,31)(H,29,30). The molecule has 0 bridgehead atoms. The third-order valence-electron chi connectivity index (χ3n) is 5.07. The normalized spacial score (nSPS) is 12.7. The molecular weight excluding hydrogens is 427 g/mol. The molecule has 1 amide bonds. The highest BCUT2D eigenvalue weighted by Gasteiger charge is 2.38. The average Bonchev–Trinajstić information content (AvgIpc) is 3.09. The zero-order chi connectivity index (χ0) is 22.9. The monoisotopic (exact) mass is 443 g/mol. The van der Waals surface area contributed by atoms with Gasteiger partial charge in [0.25, 0.3) is 0 Å². The molecule has 1 aliphatic carbocycles. The van der Waals surface area contributed by atoms with E-state index in [2.05, 4.69) is 15.3 Å². The molecule has 0 radical (unpaired) electrons. The van der Waals surface area contributed by atoms with Gasteiger partial charge in [-0.15, -0.1) is 0 Å². The van der Waals surface area contributed by atoms with Crippen LogP contribution in [-0.4, -0.2) is 33.7 Å². The molecule has 1 aliphatic rings. The first kappa shape index (κ1) is 21.3. The van der Waals surface area contributed by atoms with Crippen LogP contribution in [-0.2, 0) is 17.5 Å². The van der Waals surface area contributed by atoms with Crippen LogP contribution in [0.3, 0.4) is 0 Å². The number of carboxylic acid groups (broad SMARTS) is 1. The Morgan fingerprint density at radius 3 is 2.19 bits per heavy atom. The number of benzene rings is 2. The Morgan fingerprint density at radius 2 is 1.62 bits per heavy atom. The fraction of sp³-hybridized carbons (Fsp3) is 0.182. The van der Waals surface area contributed by atoms with Crippen molar-refractivity contribution >= 4 is 12.1 Å². The zero-order valence-electron chi connectivity index (χ0n) is 16.4. The molecule has 1 aromatic heterocycles. The summed E-state index contributed by atoms with van der Waals surface area (Å²) in [5, 5.41) is 11.2. The largest absolute Gasteiger partial charge is 0.478 e. The summed E-state index contributed by atoms with van der Waals surface area (Å²) in [6.07, 6.45) is -5.27. The van der Waals surface area contributed by atoms with Gasteiger partial charge in [0.1, 0.15) is 18.0 Å². The number of aromatic nitrogens is 2. The van der Waals surface area contributed by atoms with Gasteiger partial charge in [-0.25, -0.2) is 19.6 Å². The van der Waals surface area contributed by atoms with Gasteiger partial charge in [-0.1, -0.05) is 48.5 Å². The van der Waals surface area contributed by atoms with Crippen molar-refractivity contribution < 1.29 is 32.6 Å². The molecule has 10 heteroatoms. The van der Waals surface area contributed by atoms with Crippen molar-refractivity contribution in [1.29, 1.82) is 0 Å². The molecular formula is C22H16F3N3O4. The Labute approximate surface area is 179 Å². The van der Waals surface area contributed by atoms with E-state index in [4.69, 9.17) is 9.84 Å². The number of hydrogen-bond acceptors (Lipinski definition) is 5. The van der Waals surface area contributed by atoms with Gasteiger partial charge in [-0.2, -0.15) is 13.2 Å². The Bertz CT molecular complexity index is 1150. The van der Waals surface area contributed by atoms with E-state index in [1.807, 2.05) is 48.5 Å². The van der Waals surface area contributed by atoms with E-state index in [0.717, 1.165) is 22.3 Å². The van der Waals surface area contributed by atoms with Crippen LogP contribution in [0.25, 0.3) is 11.1 Å². The molecule has 3 aromatic rings. The molecule has 0 fully saturated rings. The summed E-state index contributed by atoms with van der Waals surface area (Å²) in [6.45, 7) is -0.424. The average molecular weight is 443 g/mol. The number of amides is 1. The van der Waals surface area contributed by atoms with Crippen molar-refractivity contribution in [2.45, 2.75) is 18.6 Å². The van der Waals surface area contributed by atoms with Crippen LogP contribution in [0.1, 0.15) is 38.9 Å². The van der Waals surface area contributed by atoms with Crippen molar-refractivity contribution in [3.8, 4) is 11.1 Å². The third kappa shape index (κ3) is 4.11. The minimum Gasteiger partial charge on any atom is -0.478 e. The second kappa shape index (κ2) is 8.29. The van der Waals surface area contributed by atoms with Crippen molar-refractivity contribution in [1.82, 2.24) is 15.3 Å². The molecule has 7 nitrogen and oxygen atoms in total. The van der Waals surface area contributed by atoms with Gasteiger partial charge in [0.05, 0.1) is 6.54 Å². The summed E-state index contributed by atoms with van der Waals surface area (Å²) in [4.78, 5) is 29.9. The molecule has 2 N–H and O–H groups in total. The second-order valence-electron chi connectivity index (χ2n) is 7.03. The Balaban J connectivity index is 1.42. The second-order valence-corrected chi connectivity index (χ2v) is 7.03. The van der Waals surface area contributed by atoms with E-state index in [9.17, 15) is 22.8 Å². The molecule has 164 valence electrons. The van der Waals surface area contributed by atoms with Crippen molar-refractivity contribution in [2.24, 2.45) is 0 Å². The summed E-state index contributed by atoms with van der Waals surface area (Å²) < 4.78 is 44.5. The molecule has 32 heavy (non-hydrogen) atoms. The Kier molecular flexibility index (Phi) is 5.52. The first-order valence-electron chi connectivity index (χ1n) is 9.51. The van der Waals surface area contributed by atoms with E-state index >= 15 is 0 Å². The molecule has 0 saturated carbocycles. The molecule has 0 saturated heterocycles. The Hall–Kier alpha value is -3.95. The van der Waals surface area contributed by atoms with Crippen molar-refractivity contribution in [3.63, 3.8) is 0 Å². The fourth-order valence-corrected chi connectivity index (χ4v) is 3.68. The van der Waals surface area contributed by atoms with Gasteiger partial charge < -0.3 is 15.2 Å². The number of carbonyl (C=O) groups is 2. The number of aromatic carboxylic acids is 1. The number of fused-ring (bicyclic) bond motifs is 3. The quantitative estimate of drug-likeness (QED) is 0.612. The third-order valence-corrected chi connectivity index (χ3v) is 5.07. The maximum Gasteiger partial charge on any atom is 0.434 e. The lowest BCUT2D eigenvalue weighted by molar-refractivity contribution is -0.141. The van der Waals surface area contributed by atoms with Crippen LogP contribution in [0.4, 0.5) is 18.0 Å². The van der Waals surface area contributed by atoms with E-state index in [1.54, 1.807) is 0 Å². The number of nitrogens with one attached hydrogen (secondary N) is 1. The number of carboxylic acids is 1. The summed E-state index contributed by atoms with van der Waals surface area (Å²) in [7, 11) is 0. The van der Waals surface area contributed by atoms with Crippen LogP contribution in [0, 0.1) is 0 Å². The molecule has 0 unspecified atom stereocenters. The number of alkyl halides is 3. The summed E-state index contributed by atoms with van der Waals surface area (Å²) in [5.74, 6) is -2.36. The molecule has 1 heterocycles. The summed E-state index contributed by atoms with van der Waals surface area (Å²) in [5.41, 5.74) is 1.51. The predicted molar refractivity (Wildman–Crippen MR) is 106 cm³/mol. The smallest absolute Gasteiger partial charge is 0.434 e. The highest BCUT2D eigenvalue weighted by atomic mass is 19.4. The predicted octanol–water partition coefficient (Wildman–Crippen LogP) is 4.23. The molecule has 0 aliphatic heterocycles. The lowest BCUT2D eigenvalue weighted by Gasteiger charge is -2.15. The molecule has 0 atom stereocenters. The maximum atomic E-state index is 13.1. The van der Waals surface area contributed by atoms with Crippen LogP contribution >= 0.6 is 0 Å². The topological polar surface area (TPSA) is 101 Å². The number of halogens is 3. The molecule has 0 spiro atoms. The van der Waals surface area contributed by atoms with Crippen molar-refractivity contribution in [2.75, 3.05) is 6.61 Å². The molecule has 4 rings (SSSR count). The van der Waals surface area contributed by atoms with Gasteiger partial charge in [0.15, 0.2) is 5.69 Å². The first-order valence-corrected chi connectivity index (χ1v) is 9.51. The summed E-state index contributed by atoms with van der Waals surface area (Å²) >= 11 is 0. The number of ether oxygens (including phenoxy) is 1. The minimum atomic E-state index is -4.98. The van der Waals surface area contributed by atoms with Gasteiger partial charge in [-0.05, 0) is 22.3 Å². The lowest BCUT2D eigenvalue weighted by atomic mass is 9.98. The van der Waals surface area contributed by atoms with Gasteiger partial charge >= 0.3 is 18.2 Å². The van der Waals surface area contributed by atoms with E-state index < -0.39 is 41.9 Å². The van der Waals surface area contributed by atoms with Crippen molar-refractivity contribution in [3.05, 3.63) is 82.9 Å². The van der Waals surface area contributed by atoms with Crippen LogP contribution in [0.5, 0.6) is 0 Å². The van der Waals surface area contributed by atoms with Gasteiger partial charge in [0, 0.05) is 12.1 Å². The first-order chi connectivity index (χ1) is 15.3. The fourth-order valence-electron chi connectivity index (χ4n) is 3.68. The Morgan fingerprint density at radius 1 is 1.03 bits per heavy atom. The van der Waals surface area contributed by atoms with Gasteiger partial charge in [0.2, 0.25) is 0 Å². The lowest BCUT2D eigenvalue weighted by Crippen LogP contribution is -2.27. The highest BCUT2D eigenvalue weighted by Crippen LogP contribution is 2.44. The SMILES string of the molecule is O=C(NCc1ncc(C(=O)O)c(C(F)(F)F)n1)OCC1c2ccccc2-c2ccccc21. The van der Waals surface area contributed by atoms with E-state index in [0.29, 0.717) is 6.20 Å². The number of nitrogens with zero attached hydrogens (tertiary/aromatic N) is 2. The minimum absolute atomic E-state index is 0.0342.